The fourth-order valence-electron chi connectivity index (χ4n) is 1.69. The molecule has 0 atom stereocenters. The van der Waals surface area contributed by atoms with E-state index in [2.05, 4.69) is 5.32 Å². The lowest BCUT2D eigenvalue weighted by atomic mass is 10.1. The summed E-state index contributed by atoms with van der Waals surface area (Å²) >= 11 is 5.98. The van der Waals surface area contributed by atoms with Crippen molar-refractivity contribution in [2.45, 2.75) is 13.3 Å². The fraction of sp³-hybridized carbons (Fsp3) is 0.417. The molecule has 94 valence electrons. The maximum atomic E-state index is 11.0. The summed E-state index contributed by atoms with van der Waals surface area (Å²) in [5.41, 5.74) is 7.17. The van der Waals surface area contributed by atoms with Gasteiger partial charge in [0.25, 0.3) is 0 Å². The second kappa shape index (κ2) is 6.47. The molecule has 5 heteroatoms. The number of methoxy groups -OCH3 is 1. The first-order valence-electron chi connectivity index (χ1n) is 5.38. The molecule has 3 N–H and O–H groups in total. The minimum Gasteiger partial charge on any atom is -0.496 e. The number of rotatable bonds is 5. The number of halogens is 1. The first-order valence-corrected chi connectivity index (χ1v) is 5.76. The van der Waals surface area contributed by atoms with Crippen LogP contribution in [-0.2, 0) is 11.2 Å². The Morgan fingerprint density at radius 3 is 2.82 bits per heavy atom. The molecule has 0 aliphatic heterocycles. The first kappa shape index (κ1) is 13.8. The van der Waals surface area contributed by atoms with Gasteiger partial charge in [-0.2, -0.15) is 0 Å². The summed E-state index contributed by atoms with van der Waals surface area (Å²) < 4.78 is 5.32. The van der Waals surface area contributed by atoms with Crippen molar-refractivity contribution < 1.29 is 9.53 Å². The molecule has 0 fully saturated rings. The monoisotopic (exact) mass is 256 g/mol. The van der Waals surface area contributed by atoms with Crippen LogP contribution in [0, 0.1) is 6.92 Å². The molecule has 0 aliphatic carbocycles. The van der Waals surface area contributed by atoms with E-state index in [1.807, 2.05) is 19.1 Å². The fourth-order valence-corrected chi connectivity index (χ4v) is 1.98. The lowest BCUT2D eigenvalue weighted by Gasteiger charge is -2.12. The highest BCUT2D eigenvalue weighted by atomic mass is 35.5. The summed E-state index contributed by atoms with van der Waals surface area (Å²) in [6, 6.07) is 3.70. The van der Waals surface area contributed by atoms with Gasteiger partial charge >= 0.3 is 0 Å². The van der Waals surface area contributed by atoms with Crippen molar-refractivity contribution in [2.24, 2.45) is 5.73 Å². The SMILES string of the molecule is COc1c(C)cc(Cl)cc1CCNC(=O)CN. The van der Waals surface area contributed by atoms with Gasteiger partial charge in [-0.15, -0.1) is 0 Å². The Kier molecular flexibility index (Phi) is 5.25. The molecule has 1 rings (SSSR count). The van der Waals surface area contributed by atoms with Gasteiger partial charge in [0.15, 0.2) is 0 Å². The quantitative estimate of drug-likeness (QED) is 0.834. The van der Waals surface area contributed by atoms with Crippen molar-refractivity contribution in [1.29, 1.82) is 0 Å². The lowest BCUT2D eigenvalue weighted by molar-refractivity contribution is -0.119. The van der Waals surface area contributed by atoms with Gasteiger partial charge in [-0.25, -0.2) is 0 Å². The topological polar surface area (TPSA) is 64.3 Å². The van der Waals surface area contributed by atoms with E-state index in [9.17, 15) is 4.79 Å². The largest absolute Gasteiger partial charge is 0.496 e. The van der Waals surface area contributed by atoms with Crippen LogP contribution >= 0.6 is 11.6 Å². The molecule has 17 heavy (non-hydrogen) atoms. The van der Waals surface area contributed by atoms with E-state index in [4.69, 9.17) is 22.1 Å². The van der Waals surface area contributed by atoms with Crippen LogP contribution in [0.2, 0.25) is 5.02 Å². The molecular weight excluding hydrogens is 240 g/mol. The molecule has 1 aromatic rings. The Bertz CT molecular complexity index is 408. The molecule has 4 nitrogen and oxygen atoms in total. The van der Waals surface area contributed by atoms with Gasteiger partial charge in [-0.1, -0.05) is 11.6 Å². The smallest absolute Gasteiger partial charge is 0.233 e. The van der Waals surface area contributed by atoms with E-state index < -0.39 is 0 Å². The van der Waals surface area contributed by atoms with E-state index in [-0.39, 0.29) is 12.5 Å². The first-order chi connectivity index (χ1) is 8.08. The van der Waals surface area contributed by atoms with Crippen molar-refractivity contribution in [2.75, 3.05) is 20.2 Å². The summed E-state index contributed by atoms with van der Waals surface area (Å²) in [4.78, 5) is 11.0. The molecule has 0 saturated carbocycles. The van der Waals surface area contributed by atoms with Gasteiger partial charge in [0, 0.05) is 11.6 Å². The van der Waals surface area contributed by atoms with Crippen molar-refractivity contribution in [3.63, 3.8) is 0 Å². The highest BCUT2D eigenvalue weighted by Gasteiger charge is 2.08. The highest BCUT2D eigenvalue weighted by Crippen LogP contribution is 2.27. The van der Waals surface area contributed by atoms with Crippen molar-refractivity contribution >= 4 is 17.5 Å². The second-order valence-electron chi connectivity index (χ2n) is 3.72. The number of hydrogen-bond donors (Lipinski definition) is 2. The maximum Gasteiger partial charge on any atom is 0.233 e. The number of aryl methyl sites for hydroxylation is 1. The summed E-state index contributed by atoms with van der Waals surface area (Å²) in [6.07, 6.45) is 0.663. The number of amides is 1. The number of carbonyl (C=O) groups is 1. The van der Waals surface area contributed by atoms with Gasteiger partial charge in [0.1, 0.15) is 5.75 Å². The summed E-state index contributed by atoms with van der Waals surface area (Å²) in [6.45, 7) is 2.46. The van der Waals surface area contributed by atoms with Crippen molar-refractivity contribution in [3.8, 4) is 5.75 Å². The molecular formula is C12H17ClN2O2. The molecule has 0 spiro atoms. The number of ether oxygens (including phenoxy) is 1. The molecule has 1 aromatic carbocycles. The van der Waals surface area contributed by atoms with E-state index >= 15 is 0 Å². The molecule has 0 bridgehead atoms. The van der Waals surface area contributed by atoms with Gasteiger partial charge in [-0.3, -0.25) is 4.79 Å². The van der Waals surface area contributed by atoms with Crippen LogP contribution in [0.15, 0.2) is 12.1 Å². The zero-order valence-corrected chi connectivity index (χ0v) is 10.8. The molecule has 1 amide bonds. The predicted molar refractivity (Wildman–Crippen MR) is 68.5 cm³/mol. The number of nitrogens with one attached hydrogen (secondary N) is 1. The third kappa shape index (κ3) is 3.91. The number of hydrogen-bond acceptors (Lipinski definition) is 3. The van der Waals surface area contributed by atoms with Crippen LogP contribution in [0.4, 0.5) is 0 Å². The van der Waals surface area contributed by atoms with Crippen LogP contribution in [-0.4, -0.2) is 26.1 Å². The molecule has 0 radical (unpaired) electrons. The van der Waals surface area contributed by atoms with Crippen LogP contribution in [0.5, 0.6) is 5.75 Å². The van der Waals surface area contributed by atoms with E-state index in [0.29, 0.717) is 18.0 Å². The molecule has 0 heterocycles. The third-order valence-electron chi connectivity index (χ3n) is 2.42. The Labute approximate surface area is 106 Å². The van der Waals surface area contributed by atoms with E-state index in [1.54, 1.807) is 7.11 Å². The maximum absolute atomic E-state index is 11.0. The standard InChI is InChI=1S/C12H17ClN2O2/c1-8-5-10(13)6-9(12(8)17-2)3-4-15-11(16)7-14/h5-6H,3-4,7,14H2,1-2H3,(H,15,16). The zero-order chi connectivity index (χ0) is 12.8. The second-order valence-corrected chi connectivity index (χ2v) is 4.16. The average molecular weight is 257 g/mol. The normalized spacial score (nSPS) is 10.1. The van der Waals surface area contributed by atoms with Crippen LogP contribution < -0.4 is 15.8 Å². The third-order valence-corrected chi connectivity index (χ3v) is 2.64. The molecule has 0 aromatic heterocycles. The minimum atomic E-state index is -0.164. The van der Waals surface area contributed by atoms with Gasteiger partial charge < -0.3 is 15.8 Å². The van der Waals surface area contributed by atoms with Gasteiger partial charge in [0.05, 0.1) is 13.7 Å². The summed E-state index contributed by atoms with van der Waals surface area (Å²) in [7, 11) is 1.62. The van der Waals surface area contributed by atoms with E-state index in [0.717, 1.165) is 16.9 Å². The predicted octanol–water partition coefficient (Wildman–Crippen LogP) is 1.27. The lowest BCUT2D eigenvalue weighted by Crippen LogP contribution is -2.31. The molecule has 0 unspecified atom stereocenters. The molecule has 0 aliphatic rings. The Hall–Kier alpha value is -1.26. The number of carbonyl (C=O) groups excluding carboxylic acids is 1. The van der Waals surface area contributed by atoms with Gasteiger partial charge in [0.2, 0.25) is 5.91 Å². The van der Waals surface area contributed by atoms with Crippen molar-refractivity contribution in [3.05, 3.63) is 28.3 Å². The molecule has 0 saturated heterocycles. The summed E-state index contributed by atoms with van der Waals surface area (Å²) in [5.74, 6) is 0.652. The Morgan fingerprint density at radius 2 is 2.24 bits per heavy atom. The van der Waals surface area contributed by atoms with Crippen molar-refractivity contribution in [1.82, 2.24) is 5.32 Å². The van der Waals surface area contributed by atoms with Gasteiger partial charge in [-0.05, 0) is 36.6 Å². The Morgan fingerprint density at radius 1 is 1.53 bits per heavy atom. The zero-order valence-electron chi connectivity index (χ0n) is 10.0. The van der Waals surface area contributed by atoms with Crippen LogP contribution in [0.25, 0.3) is 0 Å². The summed E-state index contributed by atoms with van der Waals surface area (Å²) in [5, 5.41) is 3.38. The Balaban J connectivity index is 2.72. The number of benzene rings is 1. The van der Waals surface area contributed by atoms with Crippen LogP contribution in [0.3, 0.4) is 0 Å². The number of nitrogens with two attached hydrogens (primary N) is 1. The van der Waals surface area contributed by atoms with Crippen LogP contribution in [0.1, 0.15) is 11.1 Å². The minimum absolute atomic E-state index is 0.00566. The van der Waals surface area contributed by atoms with E-state index in [1.165, 1.54) is 0 Å². The average Bonchev–Trinajstić information content (AvgIpc) is 2.28. The highest BCUT2D eigenvalue weighted by molar-refractivity contribution is 6.30.